The first kappa shape index (κ1) is 16.1. The SMILES string of the molecule is CN(C)S(=O)(=O)c1ccc(NCCC2CCCO2)c(N)c1. The van der Waals surface area contributed by atoms with Gasteiger partial charge in [0, 0.05) is 27.2 Å². The topological polar surface area (TPSA) is 84.7 Å². The molecular weight excluding hydrogens is 290 g/mol. The van der Waals surface area contributed by atoms with E-state index in [0.717, 1.165) is 38.1 Å². The molecule has 1 heterocycles. The molecule has 1 aliphatic rings. The zero-order valence-corrected chi connectivity index (χ0v) is 13.3. The summed E-state index contributed by atoms with van der Waals surface area (Å²) in [6.07, 6.45) is 3.49. The Morgan fingerprint density at radius 3 is 2.76 bits per heavy atom. The van der Waals surface area contributed by atoms with Gasteiger partial charge in [0.2, 0.25) is 10.0 Å². The smallest absolute Gasteiger partial charge is 0.242 e. The van der Waals surface area contributed by atoms with Crippen molar-refractivity contribution in [3.8, 4) is 0 Å². The highest BCUT2D eigenvalue weighted by atomic mass is 32.2. The Labute approximate surface area is 126 Å². The molecule has 0 bridgehead atoms. The Kier molecular flexibility index (Phi) is 5.08. The van der Waals surface area contributed by atoms with Crippen LogP contribution in [0.3, 0.4) is 0 Å². The maximum Gasteiger partial charge on any atom is 0.242 e. The maximum absolute atomic E-state index is 12.0. The van der Waals surface area contributed by atoms with Gasteiger partial charge in [-0.25, -0.2) is 12.7 Å². The average Bonchev–Trinajstić information content (AvgIpc) is 2.93. The minimum Gasteiger partial charge on any atom is -0.397 e. The van der Waals surface area contributed by atoms with Crippen LogP contribution in [-0.4, -0.2) is 46.1 Å². The molecule has 6 nitrogen and oxygen atoms in total. The maximum atomic E-state index is 12.0. The lowest BCUT2D eigenvalue weighted by Gasteiger charge is -2.15. The number of rotatable bonds is 6. The van der Waals surface area contributed by atoms with Gasteiger partial charge in [0.15, 0.2) is 0 Å². The van der Waals surface area contributed by atoms with Crippen molar-refractivity contribution in [2.45, 2.75) is 30.3 Å². The van der Waals surface area contributed by atoms with Crippen LogP contribution in [-0.2, 0) is 14.8 Å². The summed E-state index contributed by atoms with van der Waals surface area (Å²) in [7, 11) is -0.446. The van der Waals surface area contributed by atoms with Gasteiger partial charge in [-0.3, -0.25) is 0 Å². The van der Waals surface area contributed by atoms with E-state index in [4.69, 9.17) is 10.5 Å². The Morgan fingerprint density at radius 1 is 1.43 bits per heavy atom. The second-order valence-corrected chi connectivity index (χ2v) is 7.54. The Balaban J connectivity index is 1.99. The van der Waals surface area contributed by atoms with E-state index in [9.17, 15) is 8.42 Å². The van der Waals surface area contributed by atoms with Gasteiger partial charge in [-0.15, -0.1) is 0 Å². The van der Waals surface area contributed by atoms with Crippen LogP contribution in [0, 0.1) is 0 Å². The number of anilines is 2. The number of nitrogens with zero attached hydrogens (tertiary/aromatic N) is 1. The van der Waals surface area contributed by atoms with E-state index >= 15 is 0 Å². The van der Waals surface area contributed by atoms with Gasteiger partial charge in [-0.2, -0.15) is 0 Å². The molecule has 0 amide bonds. The molecular formula is C14H23N3O3S. The van der Waals surface area contributed by atoms with E-state index in [1.54, 1.807) is 12.1 Å². The highest BCUT2D eigenvalue weighted by Gasteiger charge is 2.18. The summed E-state index contributed by atoms with van der Waals surface area (Å²) >= 11 is 0. The fourth-order valence-corrected chi connectivity index (χ4v) is 3.25. The van der Waals surface area contributed by atoms with Crippen LogP contribution in [0.2, 0.25) is 0 Å². The van der Waals surface area contributed by atoms with E-state index in [1.165, 1.54) is 24.5 Å². The van der Waals surface area contributed by atoms with E-state index in [-0.39, 0.29) is 4.90 Å². The molecule has 1 unspecified atom stereocenters. The molecule has 21 heavy (non-hydrogen) atoms. The lowest BCUT2D eigenvalue weighted by molar-refractivity contribution is 0.107. The Hall–Kier alpha value is -1.31. The van der Waals surface area contributed by atoms with Crippen molar-refractivity contribution < 1.29 is 13.2 Å². The summed E-state index contributed by atoms with van der Waals surface area (Å²) < 4.78 is 30.8. The van der Waals surface area contributed by atoms with Crippen molar-refractivity contribution in [1.82, 2.24) is 4.31 Å². The molecule has 1 atom stereocenters. The third-order valence-corrected chi connectivity index (χ3v) is 5.42. The normalized spacial score (nSPS) is 19.1. The second kappa shape index (κ2) is 6.64. The standard InChI is InChI=1S/C14H23N3O3S/c1-17(2)21(18,19)12-5-6-14(13(15)10-12)16-8-7-11-4-3-9-20-11/h5-6,10-11,16H,3-4,7-9,15H2,1-2H3. The first-order chi connectivity index (χ1) is 9.91. The summed E-state index contributed by atoms with van der Waals surface area (Å²) in [6.45, 7) is 1.61. The molecule has 1 aliphatic heterocycles. The number of hydrogen-bond acceptors (Lipinski definition) is 5. The van der Waals surface area contributed by atoms with Crippen LogP contribution in [0.4, 0.5) is 11.4 Å². The van der Waals surface area contributed by atoms with Gasteiger partial charge in [0.25, 0.3) is 0 Å². The molecule has 0 aromatic heterocycles. The average molecular weight is 313 g/mol. The minimum atomic E-state index is -3.44. The third kappa shape index (κ3) is 3.87. The lowest BCUT2D eigenvalue weighted by atomic mass is 10.2. The summed E-state index contributed by atoms with van der Waals surface area (Å²) in [4.78, 5) is 0.203. The first-order valence-electron chi connectivity index (χ1n) is 7.09. The largest absolute Gasteiger partial charge is 0.397 e. The highest BCUT2D eigenvalue weighted by molar-refractivity contribution is 7.89. The Bertz CT molecular complexity index is 581. The van der Waals surface area contributed by atoms with Crippen molar-refractivity contribution in [2.24, 2.45) is 0 Å². The molecule has 1 aromatic carbocycles. The van der Waals surface area contributed by atoms with E-state index in [2.05, 4.69) is 5.32 Å². The van der Waals surface area contributed by atoms with E-state index < -0.39 is 10.0 Å². The van der Waals surface area contributed by atoms with Gasteiger partial charge < -0.3 is 15.8 Å². The zero-order chi connectivity index (χ0) is 15.5. The molecule has 1 aromatic rings. The van der Waals surface area contributed by atoms with E-state index in [0.29, 0.717) is 11.8 Å². The van der Waals surface area contributed by atoms with Crippen molar-refractivity contribution in [2.75, 3.05) is 38.3 Å². The monoisotopic (exact) mass is 313 g/mol. The zero-order valence-electron chi connectivity index (χ0n) is 12.5. The van der Waals surface area contributed by atoms with Crippen LogP contribution in [0.15, 0.2) is 23.1 Å². The van der Waals surface area contributed by atoms with Crippen molar-refractivity contribution in [1.29, 1.82) is 0 Å². The van der Waals surface area contributed by atoms with Crippen molar-refractivity contribution in [3.63, 3.8) is 0 Å². The molecule has 7 heteroatoms. The van der Waals surface area contributed by atoms with Gasteiger partial charge in [-0.05, 0) is 37.5 Å². The molecule has 3 N–H and O–H groups in total. The van der Waals surface area contributed by atoms with Gasteiger partial charge in [0.1, 0.15) is 0 Å². The van der Waals surface area contributed by atoms with Crippen LogP contribution >= 0.6 is 0 Å². The number of sulfonamides is 1. The molecule has 0 saturated carbocycles. The summed E-state index contributed by atoms with van der Waals surface area (Å²) in [5.41, 5.74) is 7.13. The number of hydrogen-bond donors (Lipinski definition) is 2. The molecule has 118 valence electrons. The van der Waals surface area contributed by atoms with Crippen molar-refractivity contribution in [3.05, 3.63) is 18.2 Å². The molecule has 0 aliphatic carbocycles. The molecule has 0 spiro atoms. The van der Waals surface area contributed by atoms with Crippen molar-refractivity contribution >= 4 is 21.4 Å². The van der Waals surface area contributed by atoms with Crippen LogP contribution < -0.4 is 11.1 Å². The van der Waals surface area contributed by atoms with E-state index in [1.807, 2.05) is 0 Å². The van der Waals surface area contributed by atoms with Crippen LogP contribution in [0.5, 0.6) is 0 Å². The molecule has 1 fully saturated rings. The number of nitrogens with two attached hydrogens (primary N) is 1. The van der Waals surface area contributed by atoms with Gasteiger partial charge in [-0.1, -0.05) is 0 Å². The van der Waals surface area contributed by atoms with Crippen LogP contribution in [0.1, 0.15) is 19.3 Å². The lowest BCUT2D eigenvalue weighted by Crippen LogP contribution is -2.22. The third-order valence-electron chi connectivity index (χ3n) is 3.61. The quantitative estimate of drug-likeness (QED) is 0.778. The first-order valence-corrected chi connectivity index (χ1v) is 8.53. The summed E-state index contributed by atoms with van der Waals surface area (Å²) in [5.74, 6) is 0. The second-order valence-electron chi connectivity index (χ2n) is 5.39. The number of nitrogen functional groups attached to an aromatic ring is 1. The highest BCUT2D eigenvalue weighted by Crippen LogP contribution is 2.24. The van der Waals surface area contributed by atoms with Gasteiger partial charge >= 0.3 is 0 Å². The van der Waals surface area contributed by atoms with Crippen LogP contribution in [0.25, 0.3) is 0 Å². The molecule has 1 saturated heterocycles. The fourth-order valence-electron chi connectivity index (χ4n) is 2.31. The fraction of sp³-hybridized carbons (Fsp3) is 0.571. The summed E-state index contributed by atoms with van der Waals surface area (Å²) in [6, 6.07) is 4.77. The molecule has 0 radical (unpaired) electrons. The predicted molar refractivity (Wildman–Crippen MR) is 83.8 cm³/mol. The number of benzene rings is 1. The number of ether oxygens (including phenoxy) is 1. The minimum absolute atomic E-state index is 0.203. The molecule has 2 rings (SSSR count). The predicted octanol–water partition coefficient (Wildman–Crippen LogP) is 1.50. The Morgan fingerprint density at radius 2 is 2.19 bits per heavy atom. The number of nitrogens with one attached hydrogen (secondary N) is 1. The summed E-state index contributed by atoms with van der Waals surface area (Å²) in [5, 5.41) is 3.23. The van der Waals surface area contributed by atoms with Gasteiger partial charge in [0.05, 0.1) is 22.4 Å².